The molecule has 2 aromatic heterocycles. The Morgan fingerprint density at radius 3 is 2.74 bits per heavy atom. The summed E-state index contributed by atoms with van der Waals surface area (Å²) in [5, 5.41) is 14.1. The highest BCUT2D eigenvalue weighted by molar-refractivity contribution is 7.99. The molecule has 1 aliphatic carbocycles. The van der Waals surface area contributed by atoms with Gasteiger partial charge in [0, 0.05) is 18.6 Å². The fourth-order valence-electron chi connectivity index (χ4n) is 3.56. The SMILES string of the molecule is CCN(CC(=O)NC1CCS(=O)(=O)C1)C(=O)CSc1nnc(-c2cccs2)n1C1CC1. The summed E-state index contributed by atoms with van der Waals surface area (Å²) in [5.41, 5.74) is 0. The van der Waals surface area contributed by atoms with E-state index in [-0.39, 0.29) is 41.7 Å². The van der Waals surface area contributed by atoms with Gasteiger partial charge in [-0.15, -0.1) is 21.5 Å². The van der Waals surface area contributed by atoms with Crippen molar-refractivity contribution in [3.8, 4) is 10.7 Å². The molecule has 3 heterocycles. The van der Waals surface area contributed by atoms with E-state index < -0.39 is 9.84 Å². The maximum Gasteiger partial charge on any atom is 0.239 e. The van der Waals surface area contributed by atoms with Gasteiger partial charge in [0.05, 0.1) is 28.7 Å². The summed E-state index contributed by atoms with van der Waals surface area (Å²) in [6.07, 6.45) is 2.58. The largest absolute Gasteiger partial charge is 0.351 e. The number of thioether (sulfide) groups is 1. The summed E-state index contributed by atoms with van der Waals surface area (Å²) in [6.45, 7) is 2.13. The topological polar surface area (TPSA) is 114 Å². The Morgan fingerprint density at radius 2 is 2.13 bits per heavy atom. The second-order valence-electron chi connectivity index (χ2n) is 7.75. The molecule has 168 valence electrons. The Kier molecular flexibility index (Phi) is 6.68. The molecule has 1 atom stereocenters. The van der Waals surface area contributed by atoms with Gasteiger partial charge in [-0.25, -0.2) is 8.42 Å². The predicted octanol–water partition coefficient (Wildman–Crippen LogP) is 1.59. The van der Waals surface area contributed by atoms with Gasteiger partial charge in [-0.1, -0.05) is 17.8 Å². The van der Waals surface area contributed by atoms with Gasteiger partial charge >= 0.3 is 0 Å². The van der Waals surface area contributed by atoms with Crippen LogP contribution in [0.3, 0.4) is 0 Å². The third-order valence-electron chi connectivity index (χ3n) is 5.31. The van der Waals surface area contributed by atoms with E-state index in [0.29, 0.717) is 19.0 Å². The molecule has 31 heavy (non-hydrogen) atoms. The molecule has 2 fully saturated rings. The maximum absolute atomic E-state index is 12.7. The number of sulfone groups is 1. The molecule has 1 aliphatic heterocycles. The highest BCUT2D eigenvalue weighted by atomic mass is 32.2. The fourth-order valence-corrected chi connectivity index (χ4v) is 6.85. The number of aromatic nitrogens is 3. The third-order valence-corrected chi connectivity index (χ3v) is 8.87. The van der Waals surface area contributed by atoms with E-state index in [1.54, 1.807) is 11.3 Å². The lowest BCUT2D eigenvalue weighted by atomic mass is 10.2. The summed E-state index contributed by atoms with van der Waals surface area (Å²) in [5.74, 6) is 0.575. The summed E-state index contributed by atoms with van der Waals surface area (Å²) in [7, 11) is -3.06. The molecule has 9 nitrogen and oxygen atoms in total. The smallest absolute Gasteiger partial charge is 0.239 e. The zero-order valence-electron chi connectivity index (χ0n) is 17.2. The van der Waals surface area contributed by atoms with Crippen LogP contribution in [-0.4, -0.2) is 76.3 Å². The van der Waals surface area contributed by atoms with Crippen LogP contribution >= 0.6 is 23.1 Å². The summed E-state index contributed by atoms with van der Waals surface area (Å²) >= 11 is 2.95. The van der Waals surface area contributed by atoms with Crippen LogP contribution in [0.4, 0.5) is 0 Å². The van der Waals surface area contributed by atoms with E-state index in [9.17, 15) is 18.0 Å². The predicted molar refractivity (Wildman–Crippen MR) is 120 cm³/mol. The zero-order valence-corrected chi connectivity index (χ0v) is 19.6. The number of amides is 2. The molecule has 1 N–H and O–H groups in total. The Morgan fingerprint density at radius 1 is 1.32 bits per heavy atom. The molecule has 1 saturated heterocycles. The van der Waals surface area contributed by atoms with Crippen molar-refractivity contribution in [1.29, 1.82) is 0 Å². The number of carbonyl (C=O) groups excluding carboxylic acids is 2. The van der Waals surface area contributed by atoms with Gasteiger partial charge in [-0.05, 0) is 37.6 Å². The van der Waals surface area contributed by atoms with Crippen LogP contribution in [0.25, 0.3) is 10.7 Å². The van der Waals surface area contributed by atoms with Crippen molar-refractivity contribution in [3.63, 3.8) is 0 Å². The minimum absolute atomic E-state index is 0.0297. The molecular formula is C19H25N5O4S3. The lowest BCUT2D eigenvalue weighted by Gasteiger charge is -2.21. The van der Waals surface area contributed by atoms with Crippen molar-refractivity contribution < 1.29 is 18.0 Å². The first-order valence-corrected chi connectivity index (χ1v) is 13.9. The maximum atomic E-state index is 12.7. The molecule has 0 aromatic carbocycles. The van der Waals surface area contributed by atoms with Gasteiger partial charge in [0.2, 0.25) is 11.8 Å². The van der Waals surface area contributed by atoms with Crippen LogP contribution in [0.15, 0.2) is 22.7 Å². The lowest BCUT2D eigenvalue weighted by Crippen LogP contribution is -2.45. The van der Waals surface area contributed by atoms with Crippen LogP contribution in [-0.2, 0) is 19.4 Å². The number of hydrogen-bond donors (Lipinski definition) is 1. The van der Waals surface area contributed by atoms with E-state index in [4.69, 9.17) is 0 Å². The first-order valence-electron chi connectivity index (χ1n) is 10.3. The van der Waals surface area contributed by atoms with Crippen molar-refractivity contribution >= 4 is 44.8 Å². The zero-order chi connectivity index (χ0) is 22.0. The van der Waals surface area contributed by atoms with Crippen molar-refractivity contribution in [2.75, 3.05) is 30.3 Å². The number of rotatable bonds is 9. The van der Waals surface area contributed by atoms with E-state index in [0.717, 1.165) is 28.7 Å². The summed E-state index contributed by atoms with van der Waals surface area (Å²) in [4.78, 5) is 27.6. The van der Waals surface area contributed by atoms with Gasteiger partial charge in [0.25, 0.3) is 0 Å². The summed E-state index contributed by atoms with van der Waals surface area (Å²) < 4.78 is 25.2. The molecule has 2 aliphatic rings. The average molecular weight is 484 g/mol. The normalized spacial score (nSPS) is 20.0. The van der Waals surface area contributed by atoms with Crippen LogP contribution in [0, 0.1) is 0 Å². The molecule has 0 spiro atoms. The van der Waals surface area contributed by atoms with Crippen LogP contribution in [0.2, 0.25) is 0 Å². The van der Waals surface area contributed by atoms with E-state index in [1.165, 1.54) is 16.7 Å². The van der Waals surface area contributed by atoms with Crippen LogP contribution < -0.4 is 5.32 Å². The van der Waals surface area contributed by atoms with Gasteiger partial charge in [0.15, 0.2) is 20.8 Å². The van der Waals surface area contributed by atoms with Gasteiger partial charge in [0.1, 0.15) is 0 Å². The monoisotopic (exact) mass is 483 g/mol. The van der Waals surface area contributed by atoms with Crippen molar-refractivity contribution in [2.24, 2.45) is 0 Å². The molecule has 1 saturated carbocycles. The number of likely N-dealkylation sites (N-methyl/N-ethyl adjacent to an activating group) is 1. The van der Waals surface area contributed by atoms with Crippen molar-refractivity contribution in [3.05, 3.63) is 17.5 Å². The van der Waals surface area contributed by atoms with E-state index in [2.05, 4.69) is 20.1 Å². The van der Waals surface area contributed by atoms with E-state index in [1.807, 2.05) is 24.4 Å². The van der Waals surface area contributed by atoms with Gasteiger partial charge in [-0.2, -0.15) is 0 Å². The Bertz CT molecular complexity index is 1050. The van der Waals surface area contributed by atoms with E-state index >= 15 is 0 Å². The number of thiophene rings is 1. The first kappa shape index (κ1) is 22.3. The molecule has 0 radical (unpaired) electrons. The van der Waals surface area contributed by atoms with Crippen molar-refractivity contribution in [2.45, 2.75) is 43.4 Å². The third kappa shape index (κ3) is 5.47. The Balaban J connectivity index is 1.34. The van der Waals surface area contributed by atoms with Crippen LogP contribution in [0.1, 0.15) is 32.2 Å². The number of hydrogen-bond acceptors (Lipinski definition) is 8. The molecule has 0 bridgehead atoms. The van der Waals surface area contributed by atoms with Gasteiger partial charge in [-0.3, -0.25) is 14.2 Å². The molecule has 12 heteroatoms. The molecule has 4 rings (SSSR count). The Hall–Kier alpha value is -1.92. The highest BCUT2D eigenvalue weighted by Gasteiger charge is 2.31. The minimum atomic E-state index is -3.06. The molecule has 2 amide bonds. The molecule has 2 aromatic rings. The quantitative estimate of drug-likeness (QED) is 0.539. The molecular weight excluding hydrogens is 458 g/mol. The minimum Gasteiger partial charge on any atom is -0.351 e. The number of nitrogens with one attached hydrogen (secondary N) is 1. The summed E-state index contributed by atoms with van der Waals surface area (Å²) in [6, 6.07) is 4.00. The Labute approximate surface area is 189 Å². The second kappa shape index (κ2) is 9.29. The number of nitrogens with zero attached hydrogens (tertiary/aromatic N) is 4. The van der Waals surface area contributed by atoms with Crippen molar-refractivity contribution in [1.82, 2.24) is 25.0 Å². The molecule has 1 unspecified atom stereocenters. The first-order chi connectivity index (χ1) is 14.9. The lowest BCUT2D eigenvalue weighted by molar-refractivity contribution is -0.134. The second-order valence-corrected chi connectivity index (χ2v) is 11.9. The fraction of sp³-hybridized carbons (Fsp3) is 0.579. The number of carbonyl (C=O) groups is 2. The standard InChI is InChI=1S/C19H25N5O4S3/c1-2-23(10-16(25)20-13-7-9-31(27,28)12-13)17(26)11-30-19-22-21-18(15-4-3-8-29-15)24(19)14-5-6-14/h3-4,8,13-14H,2,5-7,9-12H2,1H3,(H,20,25). The highest BCUT2D eigenvalue weighted by Crippen LogP contribution is 2.41. The average Bonchev–Trinajstić information content (AvgIpc) is 3.12. The van der Waals surface area contributed by atoms with Crippen LogP contribution in [0.5, 0.6) is 0 Å². The van der Waals surface area contributed by atoms with Gasteiger partial charge < -0.3 is 10.2 Å².